The number of nitro benzene ring substituents is 1. The molecule has 0 fully saturated rings. The summed E-state index contributed by atoms with van der Waals surface area (Å²) in [5, 5.41) is 24.0. The van der Waals surface area contributed by atoms with Gasteiger partial charge < -0.3 is 15.7 Å². The molecule has 2 amide bonds. The fraction of sp³-hybridized carbons (Fsp3) is 0.400. The number of carboxylic acid groups (broad SMARTS) is 1. The second kappa shape index (κ2) is 10.3. The van der Waals surface area contributed by atoms with Gasteiger partial charge in [0.05, 0.1) is 4.92 Å². The third-order valence-corrected chi connectivity index (χ3v) is 3.96. The van der Waals surface area contributed by atoms with Crippen molar-refractivity contribution in [3.05, 3.63) is 39.9 Å². The number of aliphatic carboxylic acids is 1. The number of nitrogens with zero attached hydrogens (tertiary/aromatic N) is 1. The van der Waals surface area contributed by atoms with Gasteiger partial charge in [0.15, 0.2) is 6.04 Å². The van der Waals surface area contributed by atoms with Crippen LogP contribution in [0.15, 0.2) is 24.3 Å². The second-order valence-corrected chi connectivity index (χ2v) is 6.15. The monoisotopic (exact) mass is 387 g/mol. The molecule has 26 heavy (non-hydrogen) atoms. The van der Waals surface area contributed by atoms with Gasteiger partial charge in [-0.15, -0.1) is 0 Å². The first-order valence-electron chi connectivity index (χ1n) is 7.43. The van der Waals surface area contributed by atoms with Crippen molar-refractivity contribution >= 4 is 35.2 Å². The largest absolute Gasteiger partial charge is 0.480 e. The summed E-state index contributed by atoms with van der Waals surface area (Å²) in [4.78, 5) is 45.4. The van der Waals surface area contributed by atoms with Crippen LogP contribution in [-0.2, 0) is 9.59 Å². The Labute approximate surface area is 152 Å². The van der Waals surface area contributed by atoms with Crippen molar-refractivity contribution in [2.45, 2.75) is 18.5 Å². The first kappa shape index (κ1) is 21.4. The maximum atomic E-state index is 12.7. The SMILES string of the molecule is CSCCC(NC(=O)c1cccc([N+](=O)[O-])c1)C(=O)NC(CF)C(=O)O. The quantitative estimate of drug-likeness (QED) is 0.402. The summed E-state index contributed by atoms with van der Waals surface area (Å²) in [5.41, 5.74) is -0.312. The van der Waals surface area contributed by atoms with Crippen molar-refractivity contribution in [3.8, 4) is 0 Å². The van der Waals surface area contributed by atoms with E-state index in [0.717, 1.165) is 6.07 Å². The molecule has 1 aromatic carbocycles. The number of nitrogens with one attached hydrogen (secondary N) is 2. The molecule has 0 aliphatic rings. The van der Waals surface area contributed by atoms with Crippen LogP contribution in [0.4, 0.5) is 10.1 Å². The number of hydrogen-bond donors (Lipinski definition) is 3. The molecule has 0 saturated carbocycles. The lowest BCUT2D eigenvalue weighted by Gasteiger charge is -2.20. The van der Waals surface area contributed by atoms with E-state index in [4.69, 9.17) is 5.11 Å². The fourth-order valence-corrected chi connectivity index (χ4v) is 2.42. The smallest absolute Gasteiger partial charge is 0.328 e. The highest BCUT2D eigenvalue weighted by atomic mass is 32.2. The van der Waals surface area contributed by atoms with Crippen LogP contribution in [0.5, 0.6) is 0 Å². The van der Waals surface area contributed by atoms with Gasteiger partial charge in [0.1, 0.15) is 12.7 Å². The molecule has 0 aliphatic heterocycles. The number of rotatable bonds is 10. The number of non-ortho nitro benzene ring substituents is 1. The summed E-state index contributed by atoms with van der Waals surface area (Å²) < 4.78 is 12.7. The van der Waals surface area contributed by atoms with Gasteiger partial charge in [-0.1, -0.05) is 6.07 Å². The molecule has 0 radical (unpaired) electrons. The molecule has 0 bridgehead atoms. The van der Waals surface area contributed by atoms with E-state index in [1.54, 1.807) is 6.26 Å². The van der Waals surface area contributed by atoms with E-state index in [1.165, 1.54) is 30.0 Å². The topological polar surface area (TPSA) is 139 Å². The van der Waals surface area contributed by atoms with Crippen LogP contribution in [0, 0.1) is 10.1 Å². The number of carboxylic acids is 1. The lowest BCUT2D eigenvalue weighted by Crippen LogP contribution is -2.52. The van der Waals surface area contributed by atoms with Gasteiger partial charge in [0.25, 0.3) is 11.6 Å². The minimum absolute atomic E-state index is 0.0265. The number of alkyl halides is 1. The van der Waals surface area contributed by atoms with Gasteiger partial charge in [-0.25, -0.2) is 9.18 Å². The van der Waals surface area contributed by atoms with E-state index >= 15 is 0 Å². The van der Waals surface area contributed by atoms with E-state index in [2.05, 4.69) is 5.32 Å². The summed E-state index contributed by atoms with van der Waals surface area (Å²) in [5.74, 6) is -2.64. The highest BCUT2D eigenvalue weighted by Gasteiger charge is 2.26. The number of halogens is 1. The van der Waals surface area contributed by atoms with Crippen LogP contribution in [0.2, 0.25) is 0 Å². The van der Waals surface area contributed by atoms with Gasteiger partial charge in [0.2, 0.25) is 5.91 Å². The Hall–Kier alpha value is -2.69. The summed E-state index contributed by atoms with van der Waals surface area (Å²) in [7, 11) is 0. The number of carbonyl (C=O) groups is 3. The number of thioether (sulfide) groups is 1. The minimum atomic E-state index is -1.71. The molecule has 11 heteroatoms. The summed E-state index contributed by atoms with van der Waals surface area (Å²) in [6.45, 7) is -1.30. The van der Waals surface area contributed by atoms with Crippen molar-refractivity contribution in [3.63, 3.8) is 0 Å². The Kier molecular flexibility index (Phi) is 8.49. The zero-order valence-corrected chi connectivity index (χ0v) is 14.6. The number of benzene rings is 1. The van der Waals surface area contributed by atoms with Crippen molar-refractivity contribution in [2.24, 2.45) is 0 Å². The average Bonchev–Trinajstić information content (AvgIpc) is 2.62. The third-order valence-electron chi connectivity index (χ3n) is 3.32. The van der Waals surface area contributed by atoms with Crippen LogP contribution in [0.1, 0.15) is 16.8 Å². The van der Waals surface area contributed by atoms with Crippen molar-refractivity contribution in [1.29, 1.82) is 0 Å². The molecule has 1 aromatic rings. The van der Waals surface area contributed by atoms with Crippen LogP contribution < -0.4 is 10.6 Å². The van der Waals surface area contributed by atoms with Gasteiger partial charge in [-0.2, -0.15) is 11.8 Å². The predicted octanol–water partition coefficient (Wildman–Crippen LogP) is 0.985. The first-order chi connectivity index (χ1) is 12.3. The molecule has 3 N–H and O–H groups in total. The highest BCUT2D eigenvalue weighted by Crippen LogP contribution is 2.13. The minimum Gasteiger partial charge on any atom is -0.480 e. The van der Waals surface area contributed by atoms with Crippen LogP contribution in [0.3, 0.4) is 0 Å². The zero-order chi connectivity index (χ0) is 19.7. The summed E-state index contributed by atoms with van der Waals surface area (Å²) in [6, 6.07) is 2.12. The third kappa shape index (κ3) is 6.31. The maximum Gasteiger partial charge on any atom is 0.328 e. The van der Waals surface area contributed by atoms with Crippen LogP contribution in [0.25, 0.3) is 0 Å². The Morgan fingerprint density at radius 2 is 2.00 bits per heavy atom. The van der Waals surface area contributed by atoms with Gasteiger partial charge in [-0.05, 0) is 24.5 Å². The lowest BCUT2D eigenvalue weighted by atomic mass is 10.1. The Morgan fingerprint density at radius 1 is 1.31 bits per heavy atom. The Bertz CT molecular complexity index is 687. The first-order valence-corrected chi connectivity index (χ1v) is 8.83. The van der Waals surface area contributed by atoms with E-state index < -0.39 is 41.5 Å². The van der Waals surface area contributed by atoms with Crippen LogP contribution >= 0.6 is 11.8 Å². The van der Waals surface area contributed by atoms with E-state index in [0.29, 0.717) is 5.75 Å². The van der Waals surface area contributed by atoms with Crippen molar-refractivity contribution in [2.75, 3.05) is 18.7 Å². The average molecular weight is 387 g/mol. The summed E-state index contributed by atoms with van der Waals surface area (Å²) in [6.07, 6.45) is 1.95. The lowest BCUT2D eigenvalue weighted by molar-refractivity contribution is -0.384. The van der Waals surface area contributed by atoms with Gasteiger partial charge in [0, 0.05) is 17.7 Å². The molecule has 0 heterocycles. The highest BCUT2D eigenvalue weighted by molar-refractivity contribution is 7.98. The summed E-state index contributed by atoms with van der Waals surface area (Å²) >= 11 is 1.40. The molecule has 142 valence electrons. The predicted molar refractivity (Wildman–Crippen MR) is 92.9 cm³/mol. The maximum absolute atomic E-state index is 12.7. The molecule has 2 unspecified atom stereocenters. The molecule has 9 nitrogen and oxygen atoms in total. The number of carbonyl (C=O) groups excluding carboxylic acids is 2. The van der Waals surface area contributed by atoms with E-state index in [9.17, 15) is 28.9 Å². The van der Waals surface area contributed by atoms with E-state index in [-0.39, 0.29) is 17.7 Å². The molecule has 0 saturated heterocycles. The number of amides is 2. The standard InChI is InChI=1S/C15H18FN3O6S/c1-26-6-5-11(14(21)18-12(8-16)15(22)23)17-13(20)9-3-2-4-10(7-9)19(24)25/h2-4,7,11-12H,5-6,8H2,1H3,(H,17,20)(H,18,21)(H,22,23). The molecule has 0 aromatic heterocycles. The number of hydrogen-bond acceptors (Lipinski definition) is 6. The van der Waals surface area contributed by atoms with Crippen molar-refractivity contribution < 1.29 is 28.8 Å². The van der Waals surface area contributed by atoms with Gasteiger partial charge in [-0.3, -0.25) is 19.7 Å². The van der Waals surface area contributed by atoms with Crippen LogP contribution in [-0.4, -0.2) is 58.6 Å². The normalized spacial score (nSPS) is 12.7. The second-order valence-electron chi connectivity index (χ2n) is 5.17. The number of nitro groups is 1. The molecular weight excluding hydrogens is 369 g/mol. The van der Waals surface area contributed by atoms with E-state index in [1.807, 2.05) is 5.32 Å². The molecule has 0 spiro atoms. The molecule has 0 aliphatic carbocycles. The molecule has 2 atom stereocenters. The van der Waals surface area contributed by atoms with Crippen molar-refractivity contribution in [1.82, 2.24) is 10.6 Å². The Morgan fingerprint density at radius 3 is 2.54 bits per heavy atom. The Balaban J connectivity index is 2.90. The fourth-order valence-electron chi connectivity index (χ4n) is 1.95. The zero-order valence-electron chi connectivity index (χ0n) is 13.8. The van der Waals surface area contributed by atoms with Gasteiger partial charge >= 0.3 is 5.97 Å². The molecular formula is C15H18FN3O6S. The molecule has 1 rings (SSSR count).